The van der Waals surface area contributed by atoms with Crippen LogP contribution < -0.4 is 5.73 Å². The van der Waals surface area contributed by atoms with Crippen molar-refractivity contribution in [1.29, 1.82) is 0 Å². The highest BCUT2D eigenvalue weighted by Gasteiger charge is 2.15. The first kappa shape index (κ1) is 11.4. The zero-order valence-corrected chi connectivity index (χ0v) is 9.43. The van der Waals surface area contributed by atoms with Gasteiger partial charge in [0, 0.05) is 3.57 Å². The van der Waals surface area contributed by atoms with Crippen LogP contribution in [-0.2, 0) is 0 Å². The fourth-order valence-corrected chi connectivity index (χ4v) is 1.63. The topological polar surface area (TPSA) is 83.5 Å². The number of aliphatic hydroxyl groups is 1. The highest BCUT2D eigenvalue weighted by molar-refractivity contribution is 14.1. The second-order valence-corrected chi connectivity index (χ2v) is 4.07. The predicted molar refractivity (Wildman–Crippen MR) is 60.1 cm³/mol. The molecule has 0 saturated carbocycles. The second kappa shape index (κ2) is 4.72. The number of carboxylic acid groups (broad SMARTS) is 1. The van der Waals surface area contributed by atoms with E-state index >= 15 is 0 Å². The van der Waals surface area contributed by atoms with Crippen LogP contribution in [0.15, 0.2) is 18.2 Å². The zero-order valence-electron chi connectivity index (χ0n) is 7.27. The fourth-order valence-electron chi connectivity index (χ4n) is 1.14. The van der Waals surface area contributed by atoms with Crippen molar-refractivity contribution in [3.63, 3.8) is 0 Å². The third-order valence-corrected chi connectivity index (χ3v) is 2.51. The van der Waals surface area contributed by atoms with Gasteiger partial charge < -0.3 is 15.9 Å². The molecule has 76 valence electrons. The molecule has 0 heterocycles. The normalized spacial score (nSPS) is 12.5. The molecule has 1 aromatic carbocycles. The van der Waals surface area contributed by atoms with Gasteiger partial charge in [-0.3, -0.25) is 0 Å². The van der Waals surface area contributed by atoms with Crippen LogP contribution in [0.3, 0.4) is 0 Å². The van der Waals surface area contributed by atoms with Gasteiger partial charge in [-0.25, -0.2) is 4.79 Å². The van der Waals surface area contributed by atoms with Gasteiger partial charge in [0.1, 0.15) is 0 Å². The molecule has 0 bridgehead atoms. The van der Waals surface area contributed by atoms with Crippen molar-refractivity contribution in [3.05, 3.63) is 32.9 Å². The molecule has 1 aromatic rings. The van der Waals surface area contributed by atoms with Crippen LogP contribution in [0.25, 0.3) is 0 Å². The first-order valence-corrected chi connectivity index (χ1v) is 5.03. The monoisotopic (exact) mass is 307 g/mol. The number of nitrogens with two attached hydrogens (primary N) is 1. The first-order chi connectivity index (χ1) is 6.56. The van der Waals surface area contributed by atoms with E-state index in [1.165, 1.54) is 6.07 Å². The Morgan fingerprint density at radius 3 is 2.71 bits per heavy atom. The Hall–Kier alpha value is -0.660. The third kappa shape index (κ3) is 2.43. The molecule has 0 radical (unpaired) electrons. The lowest BCUT2D eigenvalue weighted by atomic mass is 10.0. The molecule has 0 aromatic heterocycles. The number of carboxylic acids is 1. The van der Waals surface area contributed by atoms with E-state index in [1.54, 1.807) is 12.1 Å². The SMILES string of the molecule is N[C@@H](CO)c1ccc(I)cc1C(=O)O. The van der Waals surface area contributed by atoms with Crippen molar-refractivity contribution in [2.45, 2.75) is 6.04 Å². The highest BCUT2D eigenvalue weighted by Crippen LogP contribution is 2.19. The number of aliphatic hydroxyl groups excluding tert-OH is 1. The van der Waals surface area contributed by atoms with Crippen LogP contribution in [0.5, 0.6) is 0 Å². The van der Waals surface area contributed by atoms with Crippen molar-refractivity contribution in [2.24, 2.45) is 5.73 Å². The fraction of sp³-hybridized carbons (Fsp3) is 0.222. The summed E-state index contributed by atoms with van der Waals surface area (Å²) in [6, 6.07) is 4.29. The van der Waals surface area contributed by atoms with E-state index in [1.807, 2.05) is 22.6 Å². The van der Waals surface area contributed by atoms with E-state index in [-0.39, 0.29) is 12.2 Å². The lowest BCUT2D eigenvalue weighted by molar-refractivity contribution is 0.0694. The quantitative estimate of drug-likeness (QED) is 0.727. The maximum atomic E-state index is 10.9. The second-order valence-electron chi connectivity index (χ2n) is 2.83. The van der Waals surface area contributed by atoms with Gasteiger partial charge in [-0.1, -0.05) is 6.07 Å². The van der Waals surface area contributed by atoms with Gasteiger partial charge in [-0.2, -0.15) is 0 Å². The Bertz CT molecular complexity index is 354. The number of rotatable bonds is 3. The van der Waals surface area contributed by atoms with Crippen molar-refractivity contribution in [1.82, 2.24) is 0 Å². The van der Waals surface area contributed by atoms with Gasteiger partial charge in [0.15, 0.2) is 0 Å². The van der Waals surface area contributed by atoms with Crippen molar-refractivity contribution >= 4 is 28.6 Å². The summed E-state index contributed by atoms with van der Waals surface area (Å²) < 4.78 is 0.828. The third-order valence-electron chi connectivity index (χ3n) is 1.84. The van der Waals surface area contributed by atoms with Crippen molar-refractivity contribution in [2.75, 3.05) is 6.61 Å². The molecule has 0 spiro atoms. The Kier molecular flexibility index (Phi) is 3.85. The Morgan fingerprint density at radius 1 is 1.57 bits per heavy atom. The van der Waals surface area contributed by atoms with Gasteiger partial charge >= 0.3 is 5.97 Å². The zero-order chi connectivity index (χ0) is 10.7. The van der Waals surface area contributed by atoms with Gasteiger partial charge in [0.05, 0.1) is 18.2 Å². The number of carbonyl (C=O) groups is 1. The van der Waals surface area contributed by atoms with E-state index in [9.17, 15) is 4.79 Å². The van der Waals surface area contributed by atoms with Crippen LogP contribution in [-0.4, -0.2) is 22.8 Å². The summed E-state index contributed by atoms with van der Waals surface area (Å²) in [6.07, 6.45) is 0. The summed E-state index contributed by atoms with van der Waals surface area (Å²) in [5.74, 6) is -1.03. The van der Waals surface area contributed by atoms with E-state index in [2.05, 4.69) is 0 Å². The summed E-state index contributed by atoms with van der Waals surface area (Å²) in [5.41, 5.74) is 6.18. The van der Waals surface area contributed by atoms with E-state index in [4.69, 9.17) is 15.9 Å². The maximum absolute atomic E-state index is 10.9. The predicted octanol–water partition coefficient (Wildman–Crippen LogP) is 0.982. The smallest absolute Gasteiger partial charge is 0.336 e. The molecular weight excluding hydrogens is 297 g/mol. The van der Waals surface area contributed by atoms with Gasteiger partial charge in [0.2, 0.25) is 0 Å². The van der Waals surface area contributed by atoms with Crippen LogP contribution in [0.1, 0.15) is 22.0 Å². The number of aromatic carboxylic acids is 1. The molecule has 0 amide bonds. The summed E-state index contributed by atoms with van der Waals surface area (Å²) in [4.78, 5) is 10.9. The molecule has 4 nitrogen and oxygen atoms in total. The number of benzene rings is 1. The molecule has 1 rings (SSSR count). The van der Waals surface area contributed by atoms with Crippen LogP contribution in [0.4, 0.5) is 0 Å². The molecule has 5 heteroatoms. The maximum Gasteiger partial charge on any atom is 0.336 e. The lowest BCUT2D eigenvalue weighted by Crippen LogP contribution is -2.18. The number of hydrogen-bond acceptors (Lipinski definition) is 3. The van der Waals surface area contributed by atoms with E-state index in [0.717, 1.165) is 3.57 Å². The van der Waals surface area contributed by atoms with Gasteiger partial charge in [0.25, 0.3) is 0 Å². The molecule has 0 aliphatic rings. The minimum Gasteiger partial charge on any atom is -0.478 e. The van der Waals surface area contributed by atoms with Crippen LogP contribution >= 0.6 is 22.6 Å². The summed E-state index contributed by atoms with van der Waals surface area (Å²) in [6.45, 7) is -0.263. The molecular formula is C9H10INO3. The molecule has 0 unspecified atom stereocenters. The lowest BCUT2D eigenvalue weighted by Gasteiger charge is -2.11. The minimum absolute atomic E-state index is 0.151. The summed E-state index contributed by atoms with van der Waals surface area (Å²) >= 11 is 2.02. The van der Waals surface area contributed by atoms with Crippen LogP contribution in [0.2, 0.25) is 0 Å². The molecule has 14 heavy (non-hydrogen) atoms. The number of hydrogen-bond donors (Lipinski definition) is 3. The molecule has 0 aliphatic carbocycles. The minimum atomic E-state index is -1.03. The van der Waals surface area contributed by atoms with E-state index < -0.39 is 12.0 Å². The molecule has 0 saturated heterocycles. The molecule has 1 atom stereocenters. The largest absolute Gasteiger partial charge is 0.478 e. The number of halogens is 1. The average molecular weight is 307 g/mol. The van der Waals surface area contributed by atoms with Crippen LogP contribution in [0, 0.1) is 3.57 Å². The first-order valence-electron chi connectivity index (χ1n) is 3.95. The Labute approximate surface area is 94.9 Å². The Morgan fingerprint density at radius 2 is 2.21 bits per heavy atom. The van der Waals surface area contributed by atoms with Crippen molar-refractivity contribution in [3.8, 4) is 0 Å². The summed E-state index contributed by atoms with van der Waals surface area (Å²) in [5, 5.41) is 17.7. The average Bonchev–Trinajstić information content (AvgIpc) is 2.16. The van der Waals surface area contributed by atoms with E-state index in [0.29, 0.717) is 5.56 Å². The molecule has 4 N–H and O–H groups in total. The molecule has 0 fully saturated rings. The Balaban J connectivity index is 3.21. The van der Waals surface area contributed by atoms with Crippen molar-refractivity contribution < 1.29 is 15.0 Å². The van der Waals surface area contributed by atoms with Gasteiger partial charge in [-0.15, -0.1) is 0 Å². The summed E-state index contributed by atoms with van der Waals surface area (Å²) in [7, 11) is 0. The molecule has 0 aliphatic heterocycles. The highest BCUT2D eigenvalue weighted by atomic mass is 127. The standard InChI is InChI=1S/C9H10INO3/c10-5-1-2-6(8(11)4-12)7(3-5)9(13)14/h1-3,8,12H,4,11H2,(H,13,14)/t8-/m0/s1. The van der Waals surface area contributed by atoms with Gasteiger partial charge in [-0.05, 0) is 40.3 Å².